The molecule has 0 amide bonds. The fraction of sp³-hybridized carbons (Fsp3) is 1.00. The number of rotatable bonds is 5. The number of hydrogen-bond donors (Lipinski definition) is 0. The van der Waals surface area contributed by atoms with Crippen LogP contribution in [0.2, 0.25) is 0 Å². The topological polar surface area (TPSA) is 0 Å². The van der Waals surface area contributed by atoms with Gasteiger partial charge in [0.05, 0.1) is 4.44 Å². The Kier molecular flexibility index (Phi) is 6.73. The molecule has 4 heteroatoms. The molecule has 0 saturated heterocycles. The highest BCUT2D eigenvalue weighted by atomic mass is 33.2. The van der Waals surface area contributed by atoms with Crippen LogP contribution in [0.5, 0.6) is 0 Å². The first-order chi connectivity index (χ1) is 4.68. The minimum absolute atomic E-state index is 1.03. The maximum absolute atomic E-state index is 5.54. The molecule has 0 aliphatic heterocycles. The summed E-state index contributed by atoms with van der Waals surface area (Å²) in [6, 6.07) is 0. The molecule has 0 bridgehead atoms. The Morgan fingerprint density at radius 2 is 1.50 bits per heavy atom. The molecule has 0 aliphatic carbocycles. The van der Waals surface area contributed by atoms with Gasteiger partial charge in [0.1, 0.15) is 0 Å². The summed E-state index contributed by atoms with van der Waals surface area (Å²) in [5.41, 5.74) is 0. The lowest BCUT2D eigenvalue weighted by Crippen LogP contribution is -1.76. The second-order valence-corrected chi connectivity index (χ2v) is 14.5. The lowest BCUT2D eigenvalue weighted by Gasteiger charge is -2.16. The van der Waals surface area contributed by atoms with Crippen LogP contribution in [0.25, 0.3) is 0 Å². The Labute approximate surface area is 77.4 Å². The lowest BCUT2D eigenvalue weighted by atomic mass is 11.0. The predicted octanol–water partition coefficient (Wildman–Crippen LogP) is 3.82. The summed E-state index contributed by atoms with van der Waals surface area (Å²) in [5, 5.41) is 0. The van der Waals surface area contributed by atoms with Crippen molar-refractivity contribution in [3.63, 3.8) is 0 Å². The van der Waals surface area contributed by atoms with Crippen LogP contribution >= 0.6 is 27.2 Å². The summed E-state index contributed by atoms with van der Waals surface area (Å²) in [6.07, 6.45) is 1.19. The number of hydrogen-bond acceptors (Lipinski definition) is 3. The van der Waals surface area contributed by atoms with Crippen LogP contribution in [0.15, 0.2) is 0 Å². The first-order valence-corrected chi connectivity index (χ1v) is 9.73. The Morgan fingerprint density at radius 1 is 1.10 bits per heavy atom. The van der Waals surface area contributed by atoms with Gasteiger partial charge < -0.3 is 0 Å². The van der Waals surface area contributed by atoms with E-state index in [1.54, 1.807) is 0 Å². The Hall–Kier alpha value is 1.35. The van der Waals surface area contributed by atoms with Gasteiger partial charge in [-0.15, -0.1) is 22.8 Å². The third-order valence-corrected chi connectivity index (χ3v) is 13.1. The average molecular weight is 214 g/mol. The molecule has 0 rings (SSSR count). The molecule has 0 aromatic heterocycles. The molecule has 0 aromatic rings. The van der Waals surface area contributed by atoms with Crippen LogP contribution < -0.4 is 0 Å². The normalized spacial score (nSPS) is 11.9. The maximum Gasteiger partial charge on any atom is 0.0569 e. The van der Waals surface area contributed by atoms with Crippen LogP contribution in [0.4, 0.5) is 0 Å². The highest BCUT2D eigenvalue weighted by molar-refractivity contribution is 9.00. The van der Waals surface area contributed by atoms with Gasteiger partial charge in [0.2, 0.25) is 0 Å². The fourth-order valence-electron chi connectivity index (χ4n) is 0.613. The summed E-state index contributed by atoms with van der Waals surface area (Å²) >= 11 is 9.52. The van der Waals surface area contributed by atoms with Crippen molar-refractivity contribution in [2.45, 2.75) is 20.8 Å². The van der Waals surface area contributed by atoms with E-state index >= 15 is 0 Å². The summed E-state index contributed by atoms with van der Waals surface area (Å²) in [4.78, 5) is 0. The van der Waals surface area contributed by atoms with E-state index in [0.29, 0.717) is 0 Å². The third-order valence-electron chi connectivity index (χ3n) is 1.04. The van der Waals surface area contributed by atoms with Gasteiger partial charge in [-0.25, -0.2) is 0 Å². The van der Waals surface area contributed by atoms with Gasteiger partial charge in [-0.1, -0.05) is 32.6 Å². The summed E-state index contributed by atoms with van der Waals surface area (Å²) in [6.45, 7) is 6.60. The highest BCUT2D eigenvalue weighted by Gasteiger charge is 2.12. The van der Waals surface area contributed by atoms with E-state index in [2.05, 4.69) is 20.8 Å². The Morgan fingerprint density at radius 3 is 1.70 bits per heavy atom. The van der Waals surface area contributed by atoms with Crippen molar-refractivity contribution in [3.8, 4) is 0 Å². The molecule has 0 nitrogen and oxygen atoms in total. The molecule has 62 valence electrons. The smallest absolute Gasteiger partial charge is 0.0569 e. The third kappa shape index (κ3) is 4.27. The molecule has 0 heterocycles. The van der Waals surface area contributed by atoms with E-state index in [0.717, 1.165) is 0 Å². The summed E-state index contributed by atoms with van der Waals surface area (Å²) in [5.74, 6) is 2.36. The van der Waals surface area contributed by atoms with Crippen molar-refractivity contribution in [2.75, 3.05) is 17.7 Å². The van der Waals surface area contributed by atoms with Gasteiger partial charge in [0.15, 0.2) is 0 Å². The molecule has 10 heavy (non-hydrogen) atoms. The molecular formula is C6H15PS3. The van der Waals surface area contributed by atoms with Crippen molar-refractivity contribution in [3.05, 3.63) is 0 Å². The predicted molar refractivity (Wildman–Crippen MR) is 61.1 cm³/mol. The zero-order valence-corrected chi connectivity index (χ0v) is 10.1. The molecule has 0 aromatic carbocycles. The van der Waals surface area contributed by atoms with Crippen molar-refractivity contribution in [1.29, 1.82) is 0 Å². The molecule has 0 unspecified atom stereocenters. The van der Waals surface area contributed by atoms with Gasteiger partial charge in [0, 0.05) is 0 Å². The largest absolute Gasteiger partial charge is 0.114 e. The van der Waals surface area contributed by atoms with E-state index < -0.39 is 4.44 Å². The monoisotopic (exact) mass is 214 g/mol. The Balaban J connectivity index is 3.83. The first-order valence-electron chi connectivity index (χ1n) is 3.56. The zero-order chi connectivity index (χ0) is 8.04. The standard InChI is InChI=1S/C6H15PS3/c1-4-7(8,9-5-2)10-6-3/h4-6H2,1-3H3. The van der Waals surface area contributed by atoms with E-state index in [1.807, 2.05) is 22.8 Å². The molecule has 0 spiro atoms. The lowest BCUT2D eigenvalue weighted by molar-refractivity contribution is 1.51. The van der Waals surface area contributed by atoms with Gasteiger partial charge in [0.25, 0.3) is 0 Å². The van der Waals surface area contributed by atoms with Crippen LogP contribution in [0.3, 0.4) is 0 Å². The van der Waals surface area contributed by atoms with E-state index in [4.69, 9.17) is 11.8 Å². The van der Waals surface area contributed by atoms with Crippen LogP contribution in [-0.4, -0.2) is 17.7 Å². The SMILES string of the molecule is CCSP(=S)(CC)SCC. The molecule has 0 atom stereocenters. The Bertz CT molecular complexity index is 114. The molecule has 0 saturated carbocycles. The quantitative estimate of drug-likeness (QED) is 0.639. The van der Waals surface area contributed by atoms with Gasteiger partial charge in [-0.3, -0.25) is 0 Å². The van der Waals surface area contributed by atoms with Crippen molar-refractivity contribution >= 4 is 39.0 Å². The second kappa shape index (κ2) is 5.93. The summed E-state index contributed by atoms with van der Waals surface area (Å²) in [7, 11) is 0. The molecular weight excluding hydrogens is 199 g/mol. The van der Waals surface area contributed by atoms with Gasteiger partial charge in [-0.2, -0.15) is 0 Å². The molecule has 0 N–H and O–H groups in total. The van der Waals surface area contributed by atoms with Gasteiger partial charge >= 0.3 is 0 Å². The van der Waals surface area contributed by atoms with Crippen LogP contribution in [0.1, 0.15) is 20.8 Å². The van der Waals surface area contributed by atoms with Crippen LogP contribution in [-0.2, 0) is 11.8 Å². The summed E-state index contributed by atoms with van der Waals surface area (Å²) < 4.78 is -1.03. The average Bonchev–Trinajstić information content (AvgIpc) is 1.89. The minimum atomic E-state index is -1.03. The van der Waals surface area contributed by atoms with Crippen molar-refractivity contribution in [2.24, 2.45) is 0 Å². The first kappa shape index (κ1) is 11.4. The van der Waals surface area contributed by atoms with E-state index in [1.165, 1.54) is 17.7 Å². The van der Waals surface area contributed by atoms with Crippen LogP contribution in [0, 0.1) is 0 Å². The van der Waals surface area contributed by atoms with Crippen molar-refractivity contribution in [1.82, 2.24) is 0 Å². The van der Waals surface area contributed by atoms with E-state index in [9.17, 15) is 0 Å². The molecule has 0 aliphatic rings. The molecule has 0 fully saturated rings. The molecule has 0 radical (unpaired) electrons. The minimum Gasteiger partial charge on any atom is -0.114 e. The van der Waals surface area contributed by atoms with Gasteiger partial charge in [-0.05, 0) is 17.7 Å². The maximum atomic E-state index is 5.54. The second-order valence-electron chi connectivity index (χ2n) is 1.76. The fourth-order valence-corrected chi connectivity index (χ4v) is 9.98. The van der Waals surface area contributed by atoms with E-state index in [-0.39, 0.29) is 0 Å². The zero-order valence-electron chi connectivity index (χ0n) is 6.79. The van der Waals surface area contributed by atoms with Crippen molar-refractivity contribution < 1.29 is 0 Å². The highest BCUT2D eigenvalue weighted by Crippen LogP contribution is 2.68.